The molecule has 0 aliphatic carbocycles. The molecule has 0 amide bonds. The Balaban J connectivity index is 1.69. The zero-order valence-electron chi connectivity index (χ0n) is 11.3. The molecule has 3 rings (SSSR count). The topological polar surface area (TPSA) is 48.3 Å². The molecule has 1 aromatic carbocycles. The first-order chi connectivity index (χ1) is 9.24. The molecule has 5 nitrogen and oxygen atoms in total. The van der Waals surface area contributed by atoms with Crippen LogP contribution in [0, 0.1) is 0 Å². The Morgan fingerprint density at radius 3 is 3.05 bits per heavy atom. The molecular weight excluding hydrogens is 242 g/mol. The molecule has 19 heavy (non-hydrogen) atoms. The van der Waals surface area contributed by atoms with Crippen LogP contribution in [0.15, 0.2) is 24.3 Å². The van der Waals surface area contributed by atoms with Gasteiger partial charge in [0.15, 0.2) is 0 Å². The molecule has 2 unspecified atom stereocenters. The van der Waals surface area contributed by atoms with Crippen LogP contribution in [0.2, 0.25) is 0 Å². The van der Waals surface area contributed by atoms with E-state index in [0.717, 1.165) is 24.1 Å². The molecule has 102 valence electrons. The summed E-state index contributed by atoms with van der Waals surface area (Å²) < 4.78 is 13.6. The van der Waals surface area contributed by atoms with Crippen molar-refractivity contribution in [3.8, 4) is 6.01 Å². The summed E-state index contributed by atoms with van der Waals surface area (Å²) in [6.45, 7) is 4.32. The van der Waals surface area contributed by atoms with Gasteiger partial charge in [-0.25, -0.2) is 0 Å². The van der Waals surface area contributed by atoms with E-state index < -0.39 is 0 Å². The fourth-order valence-electron chi connectivity index (χ4n) is 2.39. The Morgan fingerprint density at radius 2 is 2.26 bits per heavy atom. The Hall–Kier alpha value is -1.59. The minimum absolute atomic E-state index is 0.0866. The molecule has 0 bridgehead atoms. The normalized spacial score (nSPS) is 23.7. The van der Waals surface area contributed by atoms with Gasteiger partial charge in [-0.2, -0.15) is 4.98 Å². The number of nitrogens with one attached hydrogen (secondary N) is 1. The van der Waals surface area contributed by atoms with E-state index in [1.807, 2.05) is 35.9 Å². The molecule has 0 radical (unpaired) electrons. The molecule has 0 spiro atoms. The molecule has 1 aliphatic rings. The minimum Gasteiger partial charge on any atom is -0.462 e. The highest BCUT2D eigenvalue weighted by atomic mass is 16.5. The molecule has 2 aromatic rings. The number of para-hydroxylation sites is 2. The van der Waals surface area contributed by atoms with Gasteiger partial charge in [-0.05, 0) is 19.1 Å². The summed E-state index contributed by atoms with van der Waals surface area (Å²) in [5.41, 5.74) is 2.03. The van der Waals surface area contributed by atoms with Gasteiger partial charge in [-0.1, -0.05) is 12.1 Å². The van der Waals surface area contributed by atoms with Crippen molar-refractivity contribution >= 4 is 11.0 Å². The molecule has 1 aliphatic heterocycles. The summed E-state index contributed by atoms with van der Waals surface area (Å²) >= 11 is 0. The average Bonchev–Trinajstić information content (AvgIpc) is 2.74. The first-order valence-corrected chi connectivity index (χ1v) is 6.64. The van der Waals surface area contributed by atoms with Gasteiger partial charge in [-0.3, -0.25) is 4.57 Å². The lowest BCUT2D eigenvalue weighted by Crippen LogP contribution is -2.46. The highest BCUT2D eigenvalue weighted by Gasteiger charge is 2.20. The molecule has 1 saturated heterocycles. The van der Waals surface area contributed by atoms with Crippen molar-refractivity contribution in [2.24, 2.45) is 7.05 Å². The maximum absolute atomic E-state index is 5.80. The van der Waals surface area contributed by atoms with E-state index >= 15 is 0 Å². The van der Waals surface area contributed by atoms with Crippen LogP contribution >= 0.6 is 0 Å². The van der Waals surface area contributed by atoms with Crippen molar-refractivity contribution in [1.29, 1.82) is 0 Å². The monoisotopic (exact) mass is 261 g/mol. The van der Waals surface area contributed by atoms with E-state index in [2.05, 4.69) is 17.2 Å². The lowest BCUT2D eigenvalue weighted by molar-refractivity contribution is -0.0486. The van der Waals surface area contributed by atoms with Gasteiger partial charge in [0, 0.05) is 20.1 Å². The number of hydrogen-bond acceptors (Lipinski definition) is 4. The lowest BCUT2D eigenvalue weighted by Gasteiger charge is -2.28. The van der Waals surface area contributed by atoms with Crippen LogP contribution in [0.4, 0.5) is 0 Å². The van der Waals surface area contributed by atoms with Gasteiger partial charge in [-0.15, -0.1) is 0 Å². The van der Waals surface area contributed by atoms with Crippen LogP contribution in [0.5, 0.6) is 6.01 Å². The average molecular weight is 261 g/mol. The number of hydrogen-bond donors (Lipinski definition) is 1. The summed E-state index contributed by atoms with van der Waals surface area (Å²) in [5, 5.41) is 3.33. The fraction of sp³-hybridized carbons (Fsp3) is 0.500. The highest BCUT2D eigenvalue weighted by Crippen LogP contribution is 2.19. The quantitative estimate of drug-likeness (QED) is 0.905. The fourth-order valence-corrected chi connectivity index (χ4v) is 2.39. The second kappa shape index (κ2) is 5.19. The number of benzene rings is 1. The smallest absolute Gasteiger partial charge is 0.297 e. The summed E-state index contributed by atoms with van der Waals surface area (Å²) in [7, 11) is 1.97. The number of nitrogens with zero attached hydrogens (tertiary/aromatic N) is 2. The van der Waals surface area contributed by atoms with Gasteiger partial charge in [0.05, 0.1) is 17.1 Å². The number of ether oxygens (including phenoxy) is 2. The Kier molecular flexibility index (Phi) is 3.40. The zero-order chi connectivity index (χ0) is 13.2. The van der Waals surface area contributed by atoms with Crippen LogP contribution in [-0.4, -0.2) is 41.5 Å². The third kappa shape index (κ3) is 2.57. The predicted molar refractivity (Wildman–Crippen MR) is 73.4 cm³/mol. The van der Waals surface area contributed by atoms with Crippen molar-refractivity contribution in [1.82, 2.24) is 14.9 Å². The summed E-state index contributed by atoms with van der Waals surface area (Å²) in [6, 6.07) is 8.65. The Morgan fingerprint density at radius 1 is 1.42 bits per heavy atom. The molecule has 1 N–H and O–H groups in total. The minimum atomic E-state index is 0.0866. The Labute approximate surface area is 112 Å². The standard InChI is InChI=1S/C14H19N3O2/c1-10-7-15-8-11(19-10)9-18-14-16-12-5-3-4-6-13(12)17(14)2/h3-6,10-11,15H,7-9H2,1-2H3. The first kappa shape index (κ1) is 12.4. The number of aryl methyl sites for hydroxylation is 1. The van der Waals surface area contributed by atoms with Crippen LogP contribution in [0.1, 0.15) is 6.92 Å². The molecular formula is C14H19N3O2. The Bertz CT molecular complexity index is 567. The first-order valence-electron chi connectivity index (χ1n) is 6.64. The number of morpholine rings is 1. The van der Waals surface area contributed by atoms with Gasteiger partial charge >= 0.3 is 0 Å². The third-order valence-corrected chi connectivity index (χ3v) is 3.37. The van der Waals surface area contributed by atoms with Gasteiger partial charge in [0.25, 0.3) is 6.01 Å². The zero-order valence-corrected chi connectivity index (χ0v) is 11.3. The van der Waals surface area contributed by atoms with Gasteiger partial charge < -0.3 is 14.8 Å². The summed E-state index contributed by atoms with van der Waals surface area (Å²) in [4.78, 5) is 4.48. The maximum atomic E-state index is 5.80. The van der Waals surface area contributed by atoms with Crippen LogP contribution in [0.3, 0.4) is 0 Å². The van der Waals surface area contributed by atoms with Gasteiger partial charge in [0.1, 0.15) is 12.7 Å². The van der Waals surface area contributed by atoms with Crippen molar-refractivity contribution in [2.45, 2.75) is 19.1 Å². The van der Waals surface area contributed by atoms with E-state index in [1.165, 1.54) is 0 Å². The maximum Gasteiger partial charge on any atom is 0.297 e. The van der Waals surface area contributed by atoms with E-state index in [0.29, 0.717) is 12.6 Å². The molecule has 5 heteroatoms. The number of imidazole rings is 1. The molecule has 1 aromatic heterocycles. The van der Waals surface area contributed by atoms with Gasteiger partial charge in [0.2, 0.25) is 0 Å². The molecule has 1 fully saturated rings. The van der Waals surface area contributed by atoms with Crippen molar-refractivity contribution < 1.29 is 9.47 Å². The van der Waals surface area contributed by atoms with Crippen molar-refractivity contribution in [2.75, 3.05) is 19.7 Å². The number of fused-ring (bicyclic) bond motifs is 1. The van der Waals surface area contributed by atoms with E-state index in [4.69, 9.17) is 9.47 Å². The van der Waals surface area contributed by atoms with Crippen LogP contribution in [-0.2, 0) is 11.8 Å². The second-order valence-electron chi connectivity index (χ2n) is 4.98. The summed E-state index contributed by atoms with van der Waals surface area (Å²) in [5.74, 6) is 0. The molecule has 2 atom stereocenters. The van der Waals surface area contributed by atoms with Crippen LogP contribution < -0.4 is 10.1 Å². The van der Waals surface area contributed by atoms with E-state index in [9.17, 15) is 0 Å². The number of aromatic nitrogens is 2. The highest BCUT2D eigenvalue weighted by molar-refractivity contribution is 5.76. The molecule has 2 heterocycles. The van der Waals surface area contributed by atoms with E-state index in [1.54, 1.807) is 0 Å². The van der Waals surface area contributed by atoms with Crippen molar-refractivity contribution in [3.05, 3.63) is 24.3 Å². The molecule has 0 saturated carbocycles. The predicted octanol–water partition coefficient (Wildman–Crippen LogP) is 1.33. The lowest BCUT2D eigenvalue weighted by atomic mass is 10.2. The summed E-state index contributed by atoms with van der Waals surface area (Å²) in [6.07, 6.45) is 0.325. The SMILES string of the molecule is CC1CNCC(COc2nc3ccccc3n2C)O1. The van der Waals surface area contributed by atoms with Crippen LogP contribution in [0.25, 0.3) is 11.0 Å². The largest absolute Gasteiger partial charge is 0.462 e. The second-order valence-corrected chi connectivity index (χ2v) is 4.98. The van der Waals surface area contributed by atoms with E-state index in [-0.39, 0.29) is 12.2 Å². The third-order valence-electron chi connectivity index (χ3n) is 3.37. The van der Waals surface area contributed by atoms with Crippen molar-refractivity contribution in [3.63, 3.8) is 0 Å². The number of rotatable bonds is 3.